The van der Waals surface area contributed by atoms with Crippen molar-refractivity contribution in [3.63, 3.8) is 0 Å². The van der Waals surface area contributed by atoms with Crippen molar-refractivity contribution in [3.8, 4) is 5.75 Å². The lowest BCUT2D eigenvalue weighted by Gasteiger charge is -2.12. The van der Waals surface area contributed by atoms with Crippen molar-refractivity contribution < 1.29 is 28.6 Å². The summed E-state index contributed by atoms with van der Waals surface area (Å²) in [5.74, 6) is -0.436. The predicted octanol–water partition coefficient (Wildman–Crippen LogP) is 1.89. The number of carbonyl (C=O) groups excluding carboxylic acids is 3. The summed E-state index contributed by atoms with van der Waals surface area (Å²) in [7, 11) is 2.62. The van der Waals surface area contributed by atoms with Gasteiger partial charge < -0.3 is 19.5 Å². The minimum absolute atomic E-state index is 0.162. The van der Waals surface area contributed by atoms with Gasteiger partial charge in [0.25, 0.3) is 0 Å². The van der Waals surface area contributed by atoms with Crippen molar-refractivity contribution in [3.05, 3.63) is 28.3 Å². The van der Waals surface area contributed by atoms with E-state index in [2.05, 4.69) is 10.1 Å². The summed E-state index contributed by atoms with van der Waals surface area (Å²) in [4.78, 5) is 34.4. The van der Waals surface area contributed by atoms with Gasteiger partial charge in [0.1, 0.15) is 11.9 Å². The first-order chi connectivity index (χ1) is 11.9. The first-order valence-electron chi connectivity index (χ1n) is 7.85. The molecular formula is C17H20ClNO6. The molecule has 0 fully saturated rings. The standard InChI is InChI=1S/C17H20ClNO6/c1-23-15(21)5-3-4-14(20)19-9-12-7-10-6-11(17(22)24-2)8-13(18)16(10)25-12/h6,8,12H,3-5,7,9H2,1-2H3,(H,19,20)/t12-/m1/s1. The molecule has 0 saturated heterocycles. The third-order valence-corrected chi connectivity index (χ3v) is 4.09. The summed E-state index contributed by atoms with van der Waals surface area (Å²) in [6.45, 7) is 0.315. The maximum absolute atomic E-state index is 11.8. The van der Waals surface area contributed by atoms with Crippen LogP contribution in [-0.2, 0) is 25.5 Å². The molecule has 0 unspecified atom stereocenters. The van der Waals surface area contributed by atoms with Crippen LogP contribution in [0.15, 0.2) is 12.1 Å². The molecule has 136 valence electrons. The third kappa shape index (κ3) is 5.09. The summed E-state index contributed by atoms with van der Waals surface area (Å²) in [6.07, 6.45) is 1.15. The zero-order valence-electron chi connectivity index (χ0n) is 14.1. The Morgan fingerprint density at radius 2 is 2.00 bits per heavy atom. The molecule has 1 N–H and O–H groups in total. The number of rotatable bonds is 7. The molecule has 0 saturated carbocycles. The Balaban J connectivity index is 1.84. The molecule has 1 amide bonds. The third-order valence-electron chi connectivity index (χ3n) is 3.81. The number of ether oxygens (including phenoxy) is 3. The maximum atomic E-state index is 11.8. The Morgan fingerprint density at radius 3 is 2.68 bits per heavy atom. The fourth-order valence-corrected chi connectivity index (χ4v) is 2.83. The summed E-state index contributed by atoms with van der Waals surface area (Å²) >= 11 is 6.15. The van der Waals surface area contributed by atoms with Gasteiger partial charge in [-0.1, -0.05) is 11.6 Å². The summed E-state index contributed by atoms with van der Waals surface area (Å²) in [5, 5.41) is 3.11. The second-order valence-electron chi connectivity index (χ2n) is 5.62. The Morgan fingerprint density at radius 1 is 1.24 bits per heavy atom. The van der Waals surface area contributed by atoms with Crippen LogP contribution in [0.2, 0.25) is 5.02 Å². The Labute approximate surface area is 150 Å². The molecule has 1 aromatic rings. The average molecular weight is 370 g/mol. The van der Waals surface area contributed by atoms with E-state index in [4.69, 9.17) is 21.1 Å². The first-order valence-corrected chi connectivity index (χ1v) is 8.23. The van der Waals surface area contributed by atoms with Crippen LogP contribution in [0.5, 0.6) is 5.75 Å². The van der Waals surface area contributed by atoms with Gasteiger partial charge in [0.05, 0.1) is 31.4 Å². The normalized spacial score (nSPS) is 15.1. The first kappa shape index (κ1) is 19.1. The topological polar surface area (TPSA) is 90.9 Å². The smallest absolute Gasteiger partial charge is 0.337 e. The average Bonchev–Trinajstić information content (AvgIpc) is 3.02. The van der Waals surface area contributed by atoms with Crippen LogP contribution in [-0.4, -0.2) is 44.7 Å². The Hall–Kier alpha value is -2.28. The number of hydrogen-bond donors (Lipinski definition) is 1. The van der Waals surface area contributed by atoms with E-state index in [1.165, 1.54) is 20.3 Å². The number of esters is 2. The van der Waals surface area contributed by atoms with Gasteiger partial charge in [0.15, 0.2) is 0 Å². The fraction of sp³-hybridized carbons (Fsp3) is 0.471. The van der Waals surface area contributed by atoms with Gasteiger partial charge in [-0.05, 0) is 18.6 Å². The van der Waals surface area contributed by atoms with E-state index < -0.39 is 5.97 Å². The van der Waals surface area contributed by atoms with Crippen molar-refractivity contribution in [1.82, 2.24) is 5.32 Å². The summed E-state index contributed by atoms with van der Waals surface area (Å²) in [5.41, 5.74) is 1.17. The number of fused-ring (bicyclic) bond motifs is 1. The fourth-order valence-electron chi connectivity index (χ4n) is 2.55. The van der Waals surface area contributed by atoms with Crippen LogP contribution in [0.25, 0.3) is 0 Å². The van der Waals surface area contributed by atoms with Gasteiger partial charge in [-0.2, -0.15) is 0 Å². The summed E-state index contributed by atoms with van der Waals surface area (Å²) in [6, 6.07) is 3.19. The van der Waals surface area contributed by atoms with E-state index in [1.54, 1.807) is 6.07 Å². The zero-order valence-corrected chi connectivity index (χ0v) is 14.9. The highest BCUT2D eigenvalue weighted by atomic mass is 35.5. The van der Waals surface area contributed by atoms with Crippen LogP contribution in [0.1, 0.15) is 35.2 Å². The number of hydrogen-bond acceptors (Lipinski definition) is 6. The van der Waals surface area contributed by atoms with Gasteiger partial charge in [-0.15, -0.1) is 0 Å². The van der Waals surface area contributed by atoms with Crippen molar-refractivity contribution in [2.75, 3.05) is 20.8 Å². The van der Waals surface area contributed by atoms with Crippen molar-refractivity contribution in [2.24, 2.45) is 0 Å². The SMILES string of the molecule is COC(=O)CCCC(=O)NC[C@H]1Cc2cc(C(=O)OC)cc(Cl)c2O1. The minimum atomic E-state index is -0.466. The van der Waals surface area contributed by atoms with Crippen molar-refractivity contribution in [2.45, 2.75) is 31.8 Å². The van der Waals surface area contributed by atoms with E-state index in [1.807, 2.05) is 0 Å². The Bertz CT molecular complexity index is 675. The lowest BCUT2D eigenvalue weighted by atomic mass is 10.1. The molecule has 1 heterocycles. The van der Waals surface area contributed by atoms with Gasteiger partial charge in [0, 0.05) is 24.8 Å². The number of benzene rings is 1. The van der Waals surface area contributed by atoms with Crippen molar-refractivity contribution >= 4 is 29.4 Å². The highest BCUT2D eigenvalue weighted by Crippen LogP contribution is 2.37. The van der Waals surface area contributed by atoms with Gasteiger partial charge in [-0.25, -0.2) is 4.79 Å². The molecule has 1 aromatic carbocycles. The number of halogens is 1. The number of nitrogens with one attached hydrogen (secondary N) is 1. The minimum Gasteiger partial charge on any atom is -0.486 e. The zero-order chi connectivity index (χ0) is 18.4. The number of carbonyl (C=O) groups is 3. The molecule has 0 aliphatic carbocycles. The second kappa shape index (κ2) is 8.71. The largest absolute Gasteiger partial charge is 0.486 e. The molecule has 0 bridgehead atoms. The van der Waals surface area contributed by atoms with Crippen LogP contribution in [0.3, 0.4) is 0 Å². The van der Waals surface area contributed by atoms with Gasteiger partial charge in [0.2, 0.25) is 5.91 Å². The van der Waals surface area contributed by atoms with Crippen molar-refractivity contribution in [1.29, 1.82) is 0 Å². The maximum Gasteiger partial charge on any atom is 0.337 e. The van der Waals surface area contributed by atoms with Crippen LogP contribution >= 0.6 is 11.6 Å². The molecule has 1 aliphatic heterocycles. The highest BCUT2D eigenvalue weighted by molar-refractivity contribution is 6.32. The molecule has 1 atom stereocenters. The quantitative estimate of drug-likeness (QED) is 0.738. The predicted molar refractivity (Wildman–Crippen MR) is 89.8 cm³/mol. The van der Waals surface area contributed by atoms with Crippen LogP contribution in [0.4, 0.5) is 0 Å². The van der Waals surface area contributed by atoms with E-state index in [0.29, 0.717) is 35.7 Å². The van der Waals surface area contributed by atoms with E-state index >= 15 is 0 Å². The second-order valence-corrected chi connectivity index (χ2v) is 6.02. The highest BCUT2D eigenvalue weighted by Gasteiger charge is 2.27. The lowest BCUT2D eigenvalue weighted by Crippen LogP contribution is -2.34. The van der Waals surface area contributed by atoms with Gasteiger partial charge in [-0.3, -0.25) is 9.59 Å². The molecule has 0 spiro atoms. The molecule has 1 aliphatic rings. The van der Waals surface area contributed by atoms with Crippen LogP contribution < -0.4 is 10.1 Å². The number of methoxy groups -OCH3 is 2. The summed E-state index contributed by atoms with van der Waals surface area (Å²) < 4.78 is 15.0. The molecular weight excluding hydrogens is 350 g/mol. The van der Waals surface area contributed by atoms with E-state index in [-0.39, 0.29) is 30.8 Å². The van der Waals surface area contributed by atoms with Crippen LogP contribution in [0, 0.1) is 0 Å². The molecule has 0 radical (unpaired) electrons. The molecule has 8 heteroatoms. The lowest BCUT2D eigenvalue weighted by molar-refractivity contribution is -0.140. The number of amides is 1. The van der Waals surface area contributed by atoms with E-state index in [9.17, 15) is 14.4 Å². The van der Waals surface area contributed by atoms with E-state index in [0.717, 1.165) is 5.56 Å². The molecule has 0 aromatic heterocycles. The molecule has 25 heavy (non-hydrogen) atoms. The molecule has 7 nitrogen and oxygen atoms in total. The Kier molecular flexibility index (Phi) is 6.64. The monoisotopic (exact) mass is 369 g/mol. The van der Waals surface area contributed by atoms with Gasteiger partial charge >= 0.3 is 11.9 Å². The molecule has 2 rings (SSSR count).